The molecule has 0 bridgehead atoms. The van der Waals surface area contributed by atoms with E-state index in [2.05, 4.69) is 29.6 Å². The number of hydrogen-bond acceptors (Lipinski definition) is 5. The van der Waals surface area contributed by atoms with Crippen molar-refractivity contribution in [3.63, 3.8) is 0 Å². The highest BCUT2D eigenvalue weighted by Gasteiger charge is 2.30. The molecule has 2 aromatic rings. The zero-order chi connectivity index (χ0) is 25.4. The summed E-state index contributed by atoms with van der Waals surface area (Å²) in [6.45, 7) is 3.29. The molecule has 8 heteroatoms. The van der Waals surface area contributed by atoms with Crippen LogP contribution < -0.4 is 5.32 Å². The molecule has 1 aliphatic rings. The van der Waals surface area contributed by atoms with Crippen LogP contribution in [-0.4, -0.2) is 79.3 Å². The third-order valence-corrected chi connectivity index (χ3v) is 6.24. The number of alkyl carbamates (subject to hydrolysis) is 1. The van der Waals surface area contributed by atoms with Gasteiger partial charge in [0.15, 0.2) is 0 Å². The van der Waals surface area contributed by atoms with Gasteiger partial charge in [0.1, 0.15) is 12.6 Å². The normalized spacial score (nSPS) is 13.1. The predicted octanol–water partition coefficient (Wildman–Crippen LogP) is 3.56. The molecule has 2 N–H and O–H groups in total. The Morgan fingerprint density at radius 3 is 2.14 bits per heavy atom. The Labute approximate surface area is 206 Å². The predicted molar refractivity (Wildman–Crippen MR) is 134 cm³/mol. The zero-order valence-electron chi connectivity index (χ0n) is 20.7. The van der Waals surface area contributed by atoms with E-state index >= 15 is 0 Å². The van der Waals surface area contributed by atoms with Gasteiger partial charge in [-0.05, 0) is 56.1 Å². The molecule has 0 saturated heterocycles. The number of amides is 2. The summed E-state index contributed by atoms with van der Waals surface area (Å²) in [5.74, 6) is -1.11. The van der Waals surface area contributed by atoms with Gasteiger partial charge in [0, 0.05) is 32.0 Å². The summed E-state index contributed by atoms with van der Waals surface area (Å²) in [7, 11) is 3.67. The molecular weight excluding hydrogens is 446 g/mol. The van der Waals surface area contributed by atoms with E-state index < -0.39 is 18.1 Å². The van der Waals surface area contributed by atoms with Gasteiger partial charge in [-0.15, -0.1) is 0 Å². The first-order valence-electron chi connectivity index (χ1n) is 12.1. The second kappa shape index (κ2) is 12.4. The van der Waals surface area contributed by atoms with E-state index in [1.165, 1.54) is 0 Å². The summed E-state index contributed by atoms with van der Waals surface area (Å²) in [6, 6.07) is 15.5. The van der Waals surface area contributed by atoms with Gasteiger partial charge in [0.05, 0.1) is 0 Å². The second-order valence-corrected chi connectivity index (χ2v) is 9.05. The highest BCUT2D eigenvalue weighted by Crippen LogP contribution is 2.44. The first kappa shape index (κ1) is 26.2. The number of ether oxygens (including phenoxy) is 1. The number of nitrogens with zero attached hydrogens (tertiary/aromatic N) is 2. The molecular formula is C27H35N3O5. The van der Waals surface area contributed by atoms with Crippen LogP contribution in [0.25, 0.3) is 11.1 Å². The van der Waals surface area contributed by atoms with Gasteiger partial charge < -0.3 is 25.0 Å². The minimum Gasteiger partial charge on any atom is -0.481 e. The number of carbonyl (C=O) groups excluding carboxylic acids is 2. The lowest BCUT2D eigenvalue weighted by Crippen LogP contribution is -2.53. The first-order valence-corrected chi connectivity index (χ1v) is 12.1. The van der Waals surface area contributed by atoms with Crippen molar-refractivity contribution in [1.29, 1.82) is 0 Å². The fraction of sp³-hybridized carbons (Fsp3) is 0.444. The Hall–Kier alpha value is -3.39. The SMILES string of the molecule is CCN(CCCCC(=O)O)C(=O)[C@H](CN(C)C)NC(=O)OCC1c2ccccc2-c2ccccc21. The fourth-order valence-electron chi connectivity index (χ4n) is 4.56. The van der Waals surface area contributed by atoms with Gasteiger partial charge in [0.25, 0.3) is 0 Å². The number of fused-ring (bicyclic) bond motifs is 3. The summed E-state index contributed by atoms with van der Waals surface area (Å²) in [5.41, 5.74) is 4.56. The molecule has 0 unspecified atom stereocenters. The fourth-order valence-corrected chi connectivity index (χ4v) is 4.56. The van der Waals surface area contributed by atoms with Crippen LogP contribution in [0.4, 0.5) is 4.79 Å². The van der Waals surface area contributed by atoms with Crippen molar-refractivity contribution in [2.75, 3.05) is 40.3 Å². The highest BCUT2D eigenvalue weighted by molar-refractivity contribution is 5.86. The molecule has 0 spiro atoms. The van der Waals surface area contributed by atoms with Crippen molar-refractivity contribution in [1.82, 2.24) is 15.1 Å². The average molecular weight is 482 g/mol. The van der Waals surface area contributed by atoms with Gasteiger partial charge in [-0.1, -0.05) is 48.5 Å². The number of aliphatic carboxylic acids is 1. The lowest BCUT2D eigenvalue weighted by Gasteiger charge is -2.28. The van der Waals surface area contributed by atoms with E-state index in [0.717, 1.165) is 22.3 Å². The van der Waals surface area contributed by atoms with Crippen LogP contribution >= 0.6 is 0 Å². The van der Waals surface area contributed by atoms with Crippen LogP contribution in [0.3, 0.4) is 0 Å². The van der Waals surface area contributed by atoms with Crippen LogP contribution in [0, 0.1) is 0 Å². The maximum atomic E-state index is 13.2. The number of hydrogen-bond donors (Lipinski definition) is 2. The molecule has 2 amide bonds. The van der Waals surface area contributed by atoms with E-state index in [4.69, 9.17) is 9.84 Å². The average Bonchev–Trinajstić information content (AvgIpc) is 3.15. The molecule has 0 aromatic heterocycles. The van der Waals surface area contributed by atoms with E-state index in [-0.39, 0.29) is 24.9 Å². The number of nitrogens with one attached hydrogen (secondary N) is 1. The summed E-state index contributed by atoms with van der Waals surface area (Å²) in [6.07, 6.45) is 0.530. The topological polar surface area (TPSA) is 99.2 Å². The molecule has 0 aliphatic heterocycles. The summed E-state index contributed by atoms with van der Waals surface area (Å²) in [4.78, 5) is 40.2. The van der Waals surface area contributed by atoms with Crippen LogP contribution in [0.2, 0.25) is 0 Å². The minimum atomic E-state index is -0.846. The van der Waals surface area contributed by atoms with Crippen molar-refractivity contribution >= 4 is 18.0 Å². The van der Waals surface area contributed by atoms with Crippen LogP contribution in [0.15, 0.2) is 48.5 Å². The molecule has 1 atom stereocenters. The van der Waals surface area contributed by atoms with Gasteiger partial charge in [0.2, 0.25) is 5.91 Å². The Morgan fingerprint density at radius 1 is 1.00 bits per heavy atom. The number of carbonyl (C=O) groups is 3. The lowest BCUT2D eigenvalue weighted by atomic mass is 9.98. The molecule has 1 aliphatic carbocycles. The van der Waals surface area contributed by atoms with Crippen LogP contribution in [-0.2, 0) is 14.3 Å². The quantitative estimate of drug-likeness (QED) is 0.450. The van der Waals surface area contributed by atoms with E-state index in [1.54, 1.807) is 4.90 Å². The number of carboxylic acids is 1. The maximum Gasteiger partial charge on any atom is 0.407 e. The van der Waals surface area contributed by atoms with E-state index in [0.29, 0.717) is 32.5 Å². The Bertz CT molecular complexity index is 993. The smallest absolute Gasteiger partial charge is 0.407 e. The summed E-state index contributed by atoms with van der Waals surface area (Å²) >= 11 is 0. The van der Waals surface area contributed by atoms with Crippen molar-refractivity contribution in [2.45, 2.75) is 38.1 Å². The standard InChI is InChI=1S/C27H35N3O5/c1-4-30(16-10-9-15-25(31)32)26(33)24(17-29(2)3)28-27(34)35-18-23-21-13-7-5-11-19(21)20-12-6-8-14-22(20)23/h5-8,11-14,23-24H,4,9-10,15-18H2,1-3H3,(H,28,34)(H,31,32)/t24-/m0/s1. The van der Waals surface area contributed by atoms with Crippen LogP contribution in [0.5, 0.6) is 0 Å². The van der Waals surface area contributed by atoms with Crippen molar-refractivity contribution < 1.29 is 24.2 Å². The molecule has 8 nitrogen and oxygen atoms in total. The zero-order valence-corrected chi connectivity index (χ0v) is 20.7. The molecule has 0 heterocycles. The van der Waals surface area contributed by atoms with Crippen molar-refractivity contribution in [3.05, 3.63) is 59.7 Å². The third kappa shape index (κ3) is 6.82. The summed E-state index contributed by atoms with van der Waals surface area (Å²) < 4.78 is 5.64. The number of likely N-dealkylation sites (N-methyl/N-ethyl adjacent to an activating group) is 2. The van der Waals surface area contributed by atoms with E-state index in [9.17, 15) is 14.4 Å². The van der Waals surface area contributed by atoms with Crippen molar-refractivity contribution in [3.8, 4) is 11.1 Å². The largest absolute Gasteiger partial charge is 0.481 e. The third-order valence-electron chi connectivity index (χ3n) is 6.24. The highest BCUT2D eigenvalue weighted by atomic mass is 16.5. The lowest BCUT2D eigenvalue weighted by molar-refractivity contribution is -0.137. The summed E-state index contributed by atoms with van der Waals surface area (Å²) in [5, 5.41) is 11.6. The molecule has 0 saturated carbocycles. The number of unbranched alkanes of at least 4 members (excludes halogenated alkanes) is 1. The van der Waals surface area contributed by atoms with Crippen LogP contribution in [0.1, 0.15) is 43.2 Å². The van der Waals surface area contributed by atoms with Crippen molar-refractivity contribution in [2.24, 2.45) is 0 Å². The molecule has 35 heavy (non-hydrogen) atoms. The first-order chi connectivity index (χ1) is 16.8. The van der Waals surface area contributed by atoms with E-state index in [1.807, 2.05) is 50.2 Å². The number of carboxylic acid groups (broad SMARTS) is 1. The maximum absolute atomic E-state index is 13.2. The minimum absolute atomic E-state index is 0.0578. The molecule has 0 radical (unpaired) electrons. The van der Waals surface area contributed by atoms with Gasteiger partial charge in [-0.25, -0.2) is 4.79 Å². The number of benzene rings is 2. The molecule has 188 valence electrons. The molecule has 3 rings (SSSR count). The van der Waals surface area contributed by atoms with Gasteiger partial charge >= 0.3 is 12.1 Å². The molecule has 0 fully saturated rings. The Balaban J connectivity index is 1.62. The van der Waals surface area contributed by atoms with Gasteiger partial charge in [-0.3, -0.25) is 9.59 Å². The number of rotatable bonds is 12. The second-order valence-electron chi connectivity index (χ2n) is 9.05. The van der Waals surface area contributed by atoms with Gasteiger partial charge in [-0.2, -0.15) is 0 Å². The molecule has 2 aromatic carbocycles. The monoisotopic (exact) mass is 481 g/mol. The Morgan fingerprint density at radius 2 is 1.60 bits per heavy atom. The Kier molecular flexibility index (Phi) is 9.25.